The number of hydrogen-bond acceptors (Lipinski definition) is 2. The summed E-state index contributed by atoms with van der Waals surface area (Å²) in [5.74, 6) is 0.611. The average Bonchev–Trinajstić information content (AvgIpc) is 3.10. The summed E-state index contributed by atoms with van der Waals surface area (Å²) < 4.78 is 1.77. The second kappa shape index (κ2) is 7.64. The quantitative estimate of drug-likeness (QED) is 0.538. The van der Waals surface area contributed by atoms with Crippen molar-refractivity contribution >= 4 is 34.1 Å². The number of carbonyl (C=O) groups is 1. The van der Waals surface area contributed by atoms with Crippen LogP contribution in [-0.4, -0.2) is 15.7 Å². The molecule has 0 unspecified atom stereocenters. The number of aromatic nitrogens is 2. The van der Waals surface area contributed by atoms with E-state index in [0.29, 0.717) is 23.8 Å². The molecule has 1 amide bonds. The molecule has 5 heteroatoms. The predicted octanol–water partition coefficient (Wildman–Crippen LogP) is 4.92. The summed E-state index contributed by atoms with van der Waals surface area (Å²) in [7, 11) is 0. The lowest BCUT2D eigenvalue weighted by molar-refractivity contribution is -0.115. The molecule has 1 aromatic heterocycles. The molecule has 1 heterocycles. The smallest absolute Gasteiger partial charge is 0.229 e. The fraction of sp³-hybridized carbons (Fsp3) is 0.0909. The first-order valence-corrected chi connectivity index (χ1v) is 9.09. The van der Waals surface area contributed by atoms with Crippen LogP contribution in [0.1, 0.15) is 11.1 Å². The standard InChI is InChI=1S/C22H18ClN3O/c23-19-10-8-16(9-11-19)15-26-21(12-13-24-26)25-22(27)14-18-6-3-5-17-4-1-2-7-20(17)18/h1-13H,14-15H2,(H,25,27). The first kappa shape index (κ1) is 17.3. The SMILES string of the molecule is O=C(Cc1cccc2ccccc12)Nc1ccnn1Cc1ccc(Cl)cc1. The Kier molecular flexibility index (Phi) is 4.90. The van der Waals surface area contributed by atoms with Crippen LogP contribution in [0.3, 0.4) is 0 Å². The molecule has 0 bridgehead atoms. The lowest BCUT2D eigenvalue weighted by atomic mass is 10.0. The van der Waals surface area contributed by atoms with Crippen LogP contribution in [0.25, 0.3) is 10.8 Å². The van der Waals surface area contributed by atoms with Crippen LogP contribution in [0.15, 0.2) is 79.0 Å². The third-order valence-corrected chi connectivity index (χ3v) is 4.71. The second-order valence-electron chi connectivity index (χ2n) is 6.36. The summed E-state index contributed by atoms with van der Waals surface area (Å²) in [6.07, 6.45) is 2.00. The summed E-state index contributed by atoms with van der Waals surface area (Å²) >= 11 is 5.93. The van der Waals surface area contributed by atoms with Gasteiger partial charge in [0.15, 0.2) is 0 Å². The minimum atomic E-state index is -0.0655. The van der Waals surface area contributed by atoms with Crippen LogP contribution in [0.5, 0.6) is 0 Å². The summed E-state index contributed by atoms with van der Waals surface area (Å²) in [5.41, 5.74) is 2.07. The van der Waals surface area contributed by atoms with Crippen molar-refractivity contribution in [1.29, 1.82) is 0 Å². The molecule has 3 aromatic carbocycles. The van der Waals surface area contributed by atoms with E-state index in [1.807, 2.05) is 54.6 Å². The molecule has 0 aliphatic rings. The first-order valence-electron chi connectivity index (χ1n) is 8.72. The lowest BCUT2D eigenvalue weighted by Crippen LogP contribution is -2.18. The fourth-order valence-electron chi connectivity index (χ4n) is 3.13. The lowest BCUT2D eigenvalue weighted by Gasteiger charge is -2.10. The van der Waals surface area contributed by atoms with Crippen LogP contribution in [0.2, 0.25) is 5.02 Å². The number of nitrogens with zero attached hydrogens (tertiary/aromatic N) is 2. The van der Waals surface area contributed by atoms with E-state index in [4.69, 9.17) is 11.6 Å². The summed E-state index contributed by atoms with van der Waals surface area (Å²) in [4.78, 5) is 12.6. The number of anilines is 1. The van der Waals surface area contributed by atoms with Gasteiger partial charge >= 0.3 is 0 Å². The Balaban J connectivity index is 1.49. The zero-order valence-electron chi connectivity index (χ0n) is 14.6. The molecule has 4 aromatic rings. The van der Waals surface area contributed by atoms with Crippen LogP contribution in [-0.2, 0) is 17.8 Å². The van der Waals surface area contributed by atoms with Gasteiger partial charge in [0.25, 0.3) is 0 Å². The number of amides is 1. The predicted molar refractivity (Wildman–Crippen MR) is 109 cm³/mol. The highest BCUT2D eigenvalue weighted by Gasteiger charge is 2.10. The number of fused-ring (bicyclic) bond motifs is 1. The Bertz CT molecular complexity index is 1080. The Labute approximate surface area is 162 Å². The van der Waals surface area contributed by atoms with Crippen molar-refractivity contribution in [3.05, 3.63) is 95.1 Å². The van der Waals surface area contributed by atoms with E-state index in [-0.39, 0.29) is 5.91 Å². The van der Waals surface area contributed by atoms with Crippen LogP contribution < -0.4 is 5.32 Å². The van der Waals surface area contributed by atoms with Crippen molar-refractivity contribution in [3.63, 3.8) is 0 Å². The van der Waals surface area contributed by atoms with Crippen molar-refractivity contribution < 1.29 is 4.79 Å². The van der Waals surface area contributed by atoms with E-state index in [1.54, 1.807) is 16.9 Å². The van der Waals surface area contributed by atoms with Crippen molar-refractivity contribution in [1.82, 2.24) is 9.78 Å². The number of carbonyl (C=O) groups excluding carboxylic acids is 1. The van der Waals surface area contributed by atoms with E-state index < -0.39 is 0 Å². The van der Waals surface area contributed by atoms with Gasteiger partial charge in [0.1, 0.15) is 5.82 Å². The molecular formula is C22H18ClN3O. The molecule has 0 aliphatic heterocycles. The fourth-order valence-corrected chi connectivity index (χ4v) is 3.26. The van der Waals surface area contributed by atoms with Gasteiger partial charge in [-0.1, -0.05) is 66.2 Å². The van der Waals surface area contributed by atoms with Crippen molar-refractivity contribution in [3.8, 4) is 0 Å². The van der Waals surface area contributed by atoms with Gasteiger partial charge in [-0.25, -0.2) is 4.68 Å². The van der Waals surface area contributed by atoms with E-state index >= 15 is 0 Å². The van der Waals surface area contributed by atoms with Crippen LogP contribution in [0.4, 0.5) is 5.82 Å². The highest BCUT2D eigenvalue weighted by molar-refractivity contribution is 6.30. The minimum Gasteiger partial charge on any atom is -0.311 e. The molecule has 0 saturated carbocycles. The van der Waals surface area contributed by atoms with Gasteiger partial charge in [-0.05, 0) is 34.0 Å². The maximum atomic E-state index is 12.6. The average molecular weight is 376 g/mol. The van der Waals surface area contributed by atoms with E-state index in [9.17, 15) is 4.79 Å². The molecule has 27 heavy (non-hydrogen) atoms. The van der Waals surface area contributed by atoms with E-state index in [2.05, 4.69) is 22.5 Å². The summed E-state index contributed by atoms with van der Waals surface area (Å²) in [5, 5.41) is 10.2. The maximum Gasteiger partial charge on any atom is 0.229 e. The summed E-state index contributed by atoms with van der Waals surface area (Å²) in [6, 6.07) is 23.5. The van der Waals surface area contributed by atoms with Gasteiger partial charge < -0.3 is 5.32 Å². The topological polar surface area (TPSA) is 46.9 Å². The number of nitrogens with one attached hydrogen (secondary N) is 1. The molecule has 0 spiro atoms. The van der Waals surface area contributed by atoms with E-state index in [0.717, 1.165) is 21.9 Å². The van der Waals surface area contributed by atoms with Crippen molar-refractivity contribution in [2.75, 3.05) is 5.32 Å². The Morgan fingerprint density at radius 2 is 1.74 bits per heavy atom. The third kappa shape index (κ3) is 4.01. The van der Waals surface area contributed by atoms with E-state index in [1.165, 1.54) is 0 Å². The number of hydrogen-bond donors (Lipinski definition) is 1. The molecular weight excluding hydrogens is 358 g/mol. The van der Waals surface area contributed by atoms with Crippen LogP contribution >= 0.6 is 11.6 Å². The van der Waals surface area contributed by atoms with Crippen molar-refractivity contribution in [2.45, 2.75) is 13.0 Å². The Hall–Kier alpha value is -3.11. The largest absolute Gasteiger partial charge is 0.311 e. The highest BCUT2D eigenvalue weighted by Crippen LogP contribution is 2.20. The molecule has 4 nitrogen and oxygen atoms in total. The maximum absolute atomic E-state index is 12.6. The third-order valence-electron chi connectivity index (χ3n) is 4.46. The number of benzene rings is 3. The monoisotopic (exact) mass is 375 g/mol. The molecule has 1 N–H and O–H groups in total. The molecule has 0 fully saturated rings. The van der Waals surface area contributed by atoms with Gasteiger partial charge in [-0.15, -0.1) is 0 Å². The van der Waals surface area contributed by atoms with Gasteiger partial charge in [0.2, 0.25) is 5.91 Å². The minimum absolute atomic E-state index is 0.0655. The van der Waals surface area contributed by atoms with Gasteiger partial charge in [-0.2, -0.15) is 5.10 Å². The Morgan fingerprint density at radius 3 is 2.59 bits per heavy atom. The zero-order valence-corrected chi connectivity index (χ0v) is 15.4. The van der Waals surface area contributed by atoms with Gasteiger partial charge in [-0.3, -0.25) is 4.79 Å². The molecule has 0 radical (unpaired) electrons. The van der Waals surface area contributed by atoms with Gasteiger partial charge in [0, 0.05) is 11.1 Å². The molecule has 4 rings (SSSR count). The molecule has 0 saturated heterocycles. The molecule has 0 aliphatic carbocycles. The highest BCUT2D eigenvalue weighted by atomic mass is 35.5. The van der Waals surface area contributed by atoms with Gasteiger partial charge in [0.05, 0.1) is 19.2 Å². The summed E-state index contributed by atoms with van der Waals surface area (Å²) in [6.45, 7) is 0.564. The second-order valence-corrected chi connectivity index (χ2v) is 6.80. The molecule has 0 atom stereocenters. The zero-order chi connectivity index (χ0) is 18.6. The molecule has 134 valence electrons. The number of halogens is 1. The first-order chi connectivity index (χ1) is 13.2. The Morgan fingerprint density at radius 1 is 0.963 bits per heavy atom. The van der Waals surface area contributed by atoms with Crippen LogP contribution in [0, 0.1) is 0 Å². The van der Waals surface area contributed by atoms with Crippen molar-refractivity contribution in [2.24, 2.45) is 0 Å². The normalized spacial score (nSPS) is 10.9. The number of rotatable bonds is 5.